The maximum absolute atomic E-state index is 10.5. The summed E-state index contributed by atoms with van der Waals surface area (Å²) >= 11 is 0. The highest BCUT2D eigenvalue weighted by Gasteiger charge is 2.21. The zero-order valence-corrected chi connectivity index (χ0v) is 16.1. The summed E-state index contributed by atoms with van der Waals surface area (Å²) in [5.74, 6) is 0.684. The van der Waals surface area contributed by atoms with Crippen molar-refractivity contribution in [3.05, 3.63) is 48.3 Å². The monoisotopic (exact) mass is 373 g/mol. The van der Waals surface area contributed by atoms with Gasteiger partial charge in [-0.25, -0.2) is 4.98 Å². The van der Waals surface area contributed by atoms with Crippen LogP contribution in [0.1, 0.15) is 31.4 Å². The molecule has 4 heterocycles. The number of piperidine rings is 1. The molecule has 4 aromatic rings. The van der Waals surface area contributed by atoms with Crippen molar-refractivity contribution in [3.63, 3.8) is 0 Å². The summed E-state index contributed by atoms with van der Waals surface area (Å²) in [4.78, 5) is 9.64. The average molecular weight is 373 g/mol. The fourth-order valence-electron chi connectivity index (χ4n) is 4.19. The summed E-state index contributed by atoms with van der Waals surface area (Å²) in [5.41, 5.74) is 5.10. The molecule has 0 bridgehead atoms. The third kappa shape index (κ3) is 2.99. The van der Waals surface area contributed by atoms with E-state index in [0.29, 0.717) is 17.5 Å². The van der Waals surface area contributed by atoms with E-state index in [0.717, 1.165) is 52.7 Å². The number of phenols is 1. The molecular weight excluding hydrogens is 350 g/mol. The Morgan fingerprint density at radius 1 is 1.07 bits per heavy atom. The fraction of sp³-hybridized carbons (Fsp3) is 0.318. The maximum Gasteiger partial charge on any atom is 0.127 e. The molecular formula is C22H23N5O. The van der Waals surface area contributed by atoms with E-state index >= 15 is 0 Å². The van der Waals surface area contributed by atoms with E-state index in [1.165, 1.54) is 0 Å². The number of aromatic nitrogens is 4. The summed E-state index contributed by atoms with van der Waals surface area (Å²) in [6.07, 6.45) is 4.17. The Labute approximate surface area is 163 Å². The molecule has 1 aliphatic rings. The first kappa shape index (κ1) is 17.1. The Bertz CT molecular complexity index is 1180. The highest BCUT2D eigenvalue weighted by molar-refractivity contribution is 5.88. The van der Waals surface area contributed by atoms with Crippen LogP contribution >= 0.6 is 0 Å². The van der Waals surface area contributed by atoms with Gasteiger partial charge in [0.05, 0.1) is 22.2 Å². The molecule has 1 saturated heterocycles. The minimum Gasteiger partial charge on any atom is -0.507 e. The molecule has 1 aliphatic heterocycles. The molecule has 28 heavy (non-hydrogen) atoms. The highest BCUT2D eigenvalue weighted by atomic mass is 16.3. The number of pyridine rings is 2. The number of nitrogens with one attached hydrogen (secondary N) is 1. The minimum absolute atomic E-state index is 0.186. The van der Waals surface area contributed by atoms with Crippen molar-refractivity contribution in [2.45, 2.75) is 31.7 Å². The van der Waals surface area contributed by atoms with Crippen LogP contribution in [0.5, 0.6) is 5.75 Å². The minimum atomic E-state index is 0.186. The topological polar surface area (TPSA) is 75.9 Å². The Kier molecular flexibility index (Phi) is 4.02. The normalized spacial score (nSPS) is 20.1. The quantitative estimate of drug-likeness (QED) is 0.560. The molecule has 3 aromatic heterocycles. The third-order valence-corrected chi connectivity index (χ3v) is 5.62. The van der Waals surface area contributed by atoms with Gasteiger partial charge in [-0.15, -0.1) is 0 Å². The standard InChI is InChI=1S/C22H23N5O/c1-13-9-14(7-8-23-13)17-3-5-20-19(24-17)6-4-18(25-20)16-10-15-12-27(2)26-21(15)11-22(16)28/h3-6,10-14,23,28H,7-9H2,1-2H3/t13-,14-/m0/s1. The number of nitrogens with zero attached hydrogens (tertiary/aromatic N) is 4. The van der Waals surface area contributed by atoms with Crippen LogP contribution in [0.3, 0.4) is 0 Å². The van der Waals surface area contributed by atoms with E-state index in [1.807, 2.05) is 37.5 Å². The van der Waals surface area contributed by atoms with Gasteiger partial charge in [0.25, 0.3) is 0 Å². The van der Waals surface area contributed by atoms with Gasteiger partial charge in [-0.1, -0.05) is 0 Å². The van der Waals surface area contributed by atoms with Crippen LogP contribution in [0.4, 0.5) is 0 Å². The molecule has 142 valence electrons. The number of hydrogen-bond donors (Lipinski definition) is 2. The first-order valence-electron chi connectivity index (χ1n) is 9.74. The molecule has 0 saturated carbocycles. The molecule has 0 unspecified atom stereocenters. The summed E-state index contributed by atoms with van der Waals surface area (Å²) in [6, 6.07) is 12.2. The summed E-state index contributed by atoms with van der Waals surface area (Å²) < 4.78 is 1.74. The van der Waals surface area contributed by atoms with Crippen LogP contribution in [-0.4, -0.2) is 37.4 Å². The van der Waals surface area contributed by atoms with E-state index in [2.05, 4.69) is 23.4 Å². The smallest absolute Gasteiger partial charge is 0.127 e. The van der Waals surface area contributed by atoms with Gasteiger partial charge in [0.2, 0.25) is 0 Å². The van der Waals surface area contributed by atoms with Gasteiger partial charge in [0.1, 0.15) is 5.75 Å². The molecule has 0 radical (unpaired) electrons. The SMILES string of the molecule is C[C@H]1C[C@@H](c2ccc3nc(-c4cc5cn(C)nc5cc4O)ccc3n2)CCN1. The van der Waals surface area contributed by atoms with E-state index < -0.39 is 0 Å². The number of aromatic hydroxyl groups is 1. The number of fused-ring (bicyclic) bond motifs is 2. The molecule has 2 N–H and O–H groups in total. The molecule has 0 amide bonds. The first-order chi connectivity index (χ1) is 13.6. The average Bonchev–Trinajstić information content (AvgIpc) is 3.05. The fourth-order valence-corrected chi connectivity index (χ4v) is 4.19. The second-order valence-electron chi connectivity index (χ2n) is 7.78. The van der Waals surface area contributed by atoms with Gasteiger partial charge >= 0.3 is 0 Å². The molecule has 0 aliphatic carbocycles. The van der Waals surface area contributed by atoms with Gasteiger partial charge in [0, 0.05) is 47.9 Å². The summed E-state index contributed by atoms with van der Waals surface area (Å²) in [5, 5.41) is 19.3. The van der Waals surface area contributed by atoms with Crippen LogP contribution in [0.25, 0.3) is 33.2 Å². The Morgan fingerprint density at radius 2 is 1.89 bits per heavy atom. The molecule has 1 aromatic carbocycles. The van der Waals surface area contributed by atoms with Gasteiger partial charge in [-0.2, -0.15) is 5.10 Å². The number of benzene rings is 1. The van der Waals surface area contributed by atoms with Gasteiger partial charge < -0.3 is 10.4 Å². The van der Waals surface area contributed by atoms with E-state index in [4.69, 9.17) is 9.97 Å². The van der Waals surface area contributed by atoms with Crippen LogP contribution in [0.2, 0.25) is 0 Å². The zero-order valence-electron chi connectivity index (χ0n) is 16.1. The van der Waals surface area contributed by atoms with Crippen molar-refractivity contribution in [2.24, 2.45) is 7.05 Å². The lowest BCUT2D eigenvalue weighted by Gasteiger charge is -2.27. The Morgan fingerprint density at radius 3 is 2.75 bits per heavy atom. The van der Waals surface area contributed by atoms with Crippen LogP contribution in [0.15, 0.2) is 42.6 Å². The number of aryl methyl sites for hydroxylation is 1. The van der Waals surface area contributed by atoms with E-state index in [1.54, 1.807) is 10.7 Å². The lowest BCUT2D eigenvalue weighted by Crippen LogP contribution is -2.35. The van der Waals surface area contributed by atoms with Crippen molar-refractivity contribution < 1.29 is 5.11 Å². The van der Waals surface area contributed by atoms with Gasteiger partial charge in [0.15, 0.2) is 0 Å². The van der Waals surface area contributed by atoms with Crippen LogP contribution in [0, 0.1) is 0 Å². The lowest BCUT2D eigenvalue weighted by atomic mass is 9.90. The van der Waals surface area contributed by atoms with Crippen molar-refractivity contribution in [2.75, 3.05) is 6.54 Å². The van der Waals surface area contributed by atoms with Crippen LogP contribution < -0.4 is 5.32 Å². The molecule has 1 fully saturated rings. The van der Waals surface area contributed by atoms with Crippen molar-refractivity contribution >= 4 is 21.9 Å². The predicted octanol–water partition coefficient (Wildman–Crippen LogP) is 3.74. The summed E-state index contributed by atoms with van der Waals surface area (Å²) in [6.45, 7) is 3.27. The van der Waals surface area contributed by atoms with Crippen molar-refractivity contribution in [1.82, 2.24) is 25.1 Å². The van der Waals surface area contributed by atoms with Gasteiger partial charge in [-0.3, -0.25) is 9.67 Å². The Balaban J connectivity index is 1.53. The van der Waals surface area contributed by atoms with E-state index in [-0.39, 0.29) is 5.75 Å². The molecule has 0 spiro atoms. The molecule has 2 atom stereocenters. The van der Waals surface area contributed by atoms with Gasteiger partial charge in [-0.05, 0) is 56.6 Å². The van der Waals surface area contributed by atoms with Crippen LogP contribution in [-0.2, 0) is 7.05 Å². The first-order valence-corrected chi connectivity index (χ1v) is 9.74. The maximum atomic E-state index is 10.5. The predicted molar refractivity (Wildman–Crippen MR) is 110 cm³/mol. The van der Waals surface area contributed by atoms with Crippen molar-refractivity contribution in [3.8, 4) is 17.0 Å². The number of hydrogen-bond acceptors (Lipinski definition) is 5. The second-order valence-corrected chi connectivity index (χ2v) is 7.78. The largest absolute Gasteiger partial charge is 0.507 e. The van der Waals surface area contributed by atoms with E-state index in [9.17, 15) is 5.11 Å². The summed E-state index contributed by atoms with van der Waals surface area (Å²) in [7, 11) is 1.87. The van der Waals surface area contributed by atoms with Crippen molar-refractivity contribution in [1.29, 1.82) is 0 Å². The number of rotatable bonds is 2. The second kappa shape index (κ2) is 6.56. The molecule has 5 rings (SSSR count). The third-order valence-electron chi connectivity index (χ3n) is 5.62. The molecule has 6 nitrogen and oxygen atoms in total. The highest BCUT2D eigenvalue weighted by Crippen LogP contribution is 2.33. The Hall–Kier alpha value is -2.99. The zero-order chi connectivity index (χ0) is 19.3. The molecule has 6 heteroatoms. The lowest BCUT2D eigenvalue weighted by molar-refractivity contribution is 0.377. The number of phenolic OH excluding ortho intramolecular Hbond substituents is 1.